The van der Waals surface area contributed by atoms with Crippen LogP contribution >= 0.6 is 22.9 Å². The molecule has 0 unspecified atom stereocenters. The van der Waals surface area contributed by atoms with Crippen LogP contribution in [0.1, 0.15) is 16.8 Å². The highest BCUT2D eigenvalue weighted by atomic mass is 35.5. The first-order valence-corrected chi connectivity index (χ1v) is 8.93. The summed E-state index contributed by atoms with van der Waals surface area (Å²) in [6.45, 7) is 2.29. The zero-order valence-corrected chi connectivity index (χ0v) is 15.4. The molecule has 0 bridgehead atoms. The van der Waals surface area contributed by atoms with Gasteiger partial charge in [-0.1, -0.05) is 41.9 Å². The van der Waals surface area contributed by atoms with Crippen molar-refractivity contribution in [3.05, 3.63) is 69.5 Å². The molecule has 0 saturated carbocycles. The molecule has 2 heterocycles. The van der Waals surface area contributed by atoms with Gasteiger partial charge in [0.05, 0.1) is 12.2 Å². The number of carbonyl (C=O) groups excluding carboxylic acids is 1. The lowest BCUT2D eigenvalue weighted by Crippen LogP contribution is -2.13. The molecular weight excluding hydrogens is 370 g/mol. The van der Waals surface area contributed by atoms with Crippen LogP contribution in [0, 0.1) is 18.3 Å². The smallest absolute Gasteiger partial charge is 0.268 e. The zero-order valence-electron chi connectivity index (χ0n) is 13.8. The number of aromatic nitrogens is 3. The Labute approximate surface area is 159 Å². The number of carbonyl (C=O) groups is 1. The number of halogens is 1. The summed E-state index contributed by atoms with van der Waals surface area (Å²) in [6.07, 6.45) is 3.03. The first-order chi connectivity index (χ1) is 12.6. The normalized spacial score (nSPS) is 11.2. The summed E-state index contributed by atoms with van der Waals surface area (Å²) in [5.74, 6) is -0.534. The standard InChI is InChI=1S/C18H14ClN5OS/c1-12-15(9-14(10-20)17(25)22-18-21-7-8-26-18)16(19)24(23-12)11-13-5-3-2-4-6-13/h2-9H,11H2,1H3,(H,21,22,25)/b14-9+. The molecule has 1 amide bonds. The second-order valence-electron chi connectivity index (χ2n) is 5.39. The zero-order chi connectivity index (χ0) is 18.5. The van der Waals surface area contributed by atoms with Crippen LogP contribution in [0.3, 0.4) is 0 Å². The number of amides is 1. The second-order valence-corrected chi connectivity index (χ2v) is 6.65. The first-order valence-electron chi connectivity index (χ1n) is 7.68. The van der Waals surface area contributed by atoms with Gasteiger partial charge in [0.15, 0.2) is 5.13 Å². The number of thiazole rings is 1. The fourth-order valence-corrected chi connectivity index (χ4v) is 3.15. The van der Waals surface area contributed by atoms with Gasteiger partial charge in [-0.25, -0.2) is 9.67 Å². The fourth-order valence-electron chi connectivity index (χ4n) is 2.33. The lowest BCUT2D eigenvalue weighted by atomic mass is 10.1. The summed E-state index contributed by atoms with van der Waals surface area (Å²) in [4.78, 5) is 16.2. The van der Waals surface area contributed by atoms with E-state index in [4.69, 9.17) is 11.6 Å². The van der Waals surface area contributed by atoms with Gasteiger partial charge in [-0.15, -0.1) is 11.3 Å². The van der Waals surface area contributed by atoms with E-state index >= 15 is 0 Å². The first kappa shape index (κ1) is 17.9. The third-order valence-corrected chi connectivity index (χ3v) is 4.68. The van der Waals surface area contributed by atoms with Crippen LogP contribution in [0.4, 0.5) is 5.13 Å². The summed E-state index contributed by atoms with van der Waals surface area (Å²) in [5, 5.41) is 18.9. The van der Waals surface area contributed by atoms with E-state index in [1.807, 2.05) is 36.4 Å². The molecule has 0 radical (unpaired) electrons. The molecule has 26 heavy (non-hydrogen) atoms. The minimum atomic E-state index is -0.534. The largest absolute Gasteiger partial charge is 0.297 e. The summed E-state index contributed by atoms with van der Waals surface area (Å²) >= 11 is 7.71. The lowest BCUT2D eigenvalue weighted by Gasteiger charge is -2.03. The van der Waals surface area contributed by atoms with Crippen molar-refractivity contribution < 1.29 is 4.79 Å². The predicted molar refractivity (Wildman–Crippen MR) is 102 cm³/mol. The number of nitrogens with one attached hydrogen (secondary N) is 1. The van der Waals surface area contributed by atoms with Crippen molar-refractivity contribution in [3.63, 3.8) is 0 Å². The van der Waals surface area contributed by atoms with Gasteiger partial charge in [0, 0.05) is 17.1 Å². The molecule has 0 aliphatic carbocycles. The number of anilines is 1. The minimum Gasteiger partial charge on any atom is -0.297 e. The van der Waals surface area contributed by atoms with E-state index < -0.39 is 5.91 Å². The number of hydrogen-bond donors (Lipinski definition) is 1. The van der Waals surface area contributed by atoms with E-state index in [1.165, 1.54) is 17.4 Å². The average molecular weight is 384 g/mol. The average Bonchev–Trinajstić information content (AvgIpc) is 3.23. The third-order valence-electron chi connectivity index (χ3n) is 3.59. The number of nitriles is 1. The SMILES string of the molecule is Cc1nn(Cc2ccccc2)c(Cl)c1/C=C(\C#N)C(=O)Nc1nccs1. The Morgan fingerprint density at radius 2 is 2.19 bits per heavy atom. The number of nitrogens with zero attached hydrogens (tertiary/aromatic N) is 4. The minimum absolute atomic E-state index is 0.0653. The molecule has 8 heteroatoms. The Kier molecular flexibility index (Phi) is 5.46. The van der Waals surface area contributed by atoms with Gasteiger partial charge in [-0.2, -0.15) is 10.4 Å². The maximum atomic E-state index is 12.3. The van der Waals surface area contributed by atoms with Gasteiger partial charge in [0.2, 0.25) is 0 Å². The van der Waals surface area contributed by atoms with E-state index in [0.717, 1.165) is 5.56 Å². The highest BCUT2D eigenvalue weighted by Gasteiger charge is 2.16. The van der Waals surface area contributed by atoms with Crippen molar-refractivity contribution in [2.24, 2.45) is 0 Å². The Bertz CT molecular complexity index is 987. The lowest BCUT2D eigenvalue weighted by molar-refractivity contribution is -0.112. The van der Waals surface area contributed by atoms with Crippen molar-refractivity contribution in [2.45, 2.75) is 13.5 Å². The third kappa shape index (κ3) is 3.99. The van der Waals surface area contributed by atoms with Crippen LogP contribution in [0.15, 0.2) is 47.5 Å². The molecule has 0 aliphatic heterocycles. The quantitative estimate of drug-likeness (QED) is 0.535. The number of hydrogen-bond acceptors (Lipinski definition) is 5. The maximum absolute atomic E-state index is 12.3. The predicted octanol–water partition coefficient (Wildman–Crippen LogP) is 3.90. The Morgan fingerprint density at radius 3 is 2.85 bits per heavy atom. The van der Waals surface area contributed by atoms with Crippen LogP contribution in [-0.2, 0) is 11.3 Å². The van der Waals surface area contributed by atoms with Crippen LogP contribution in [-0.4, -0.2) is 20.7 Å². The van der Waals surface area contributed by atoms with Gasteiger partial charge >= 0.3 is 0 Å². The molecule has 0 aliphatic rings. The van der Waals surface area contributed by atoms with Crippen LogP contribution in [0.2, 0.25) is 5.15 Å². The second kappa shape index (κ2) is 7.95. The van der Waals surface area contributed by atoms with Crippen molar-refractivity contribution in [2.75, 3.05) is 5.32 Å². The van der Waals surface area contributed by atoms with E-state index in [-0.39, 0.29) is 5.57 Å². The molecule has 6 nitrogen and oxygen atoms in total. The summed E-state index contributed by atoms with van der Waals surface area (Å²) in [6, 6.07) is 11.7. The van der Waals surface area contributed by atoms with Crippen molar-refractivity contribution >= 4 is 40.1 Å². The Morgan fingerprint density at radius 1 is 1.42 bits per heavy atom. The van der Waals surface area contributed by atoms with Gasteiger partial charge < -0.3 is 0 Å². The van der Waals surface area contributed by atoms with E-state index in [9.17, 15) is 10.1 Å². The Hall–Kier alpha value is -2.95. The molecule has 0 spiro atoms. The number of aryl methyl sites for hydroxylation is 1. The maximum Gasteiger partial charge on any atom is 0.268 e. The number of rotatable bonds is 5. The molecule has 3 aromatic rings. The molecule has 130 valence electrons. The van der Waals surface area contributed by atoms with Crippen molar-refractivity contribution in [1.82, 2.24) is 14.8 Å². The molecule has 0 atom stereocenters. The van der Waals surface area contributed by atoms with Gasteiger partial charge in [0.1, 0.15) is 16.8 Å². The van der Waals surface area contributed by atoms with E-state index in [2.05, 4.69) is 15.4 Å². The monoisotopic (exact) mass is 383 g/mol. The summed E-state index contributed by atoms with van der Waals surface area (Å²) < 4.78 is 1.64. The fraction of sp³-hybridized carbons (Fsp3) is 0.111. The highest BCUT2D eigenvalue weighted by Crippen LogP contribution is 2.24. The van der Waals surface area contributed by atoms with Crippen molar-refractivity contribution in [1.29, 1.82) is 5.26 Å². The van der Waals surface area contributed by atoms with E-state index in [1.54, 1.807) is 23.2 Å². The topological polar surface area (TPSA) is 83.6 Å². The molecule has 2 aromatic heterocycles. The van der Waals surface area contributed by atoms with Crippen LogP contribution in [0.5, 0.6) is 0 Å². The van der Waals surface area contributed by atoms with Crippen LogP contribution < -0.4 is 5.32 Å². The van der Waals surface area contributed by atoms with Gasteiger partial charge in [-0.05, 0) is 18.6 Å². The van der Waals surface area contributed by atoms with Crippen LogP contribution in [0.25, 0.3) is 6.08 Å². The molecule has 3 rings (SSSR count). The molecule has 1 aromatic carbocycles. The van der Waals surface area contributed by atoms with Gasteiger partial charge in [0.25, 0.3) is 5.91 Å². The van der Waals surface area contributed by atoms with Gasteiger partial charge in [-0.3, -0.25) is 10.1 Å². The number of benzene rings is 1. The Balaban J connectivity index is 1.87. The molecular formula is C18H14ClN5OS. The molecule has 1 N–H and O–H groups in total. The summed E-state index contributed by atoms with van der Waals surface area (Å²) in [5.41, 5.74) is 2.17. The van der Waals surface area contributed by atoms with Crippen molar-refractivity contribution in [3.8, 4) is 6.07 Å². The molecule has 0 fully saturated rings. The van der Waals surface area contributed by atoms with E-state index in [0.29, 0.717) is 28.1 Å². The highest BCUT2D eigenvalue weighted by molar-refractivity contribution is 7.13. The summed E-state index contributed by atoms with van der Waals surface area (Å²) in [7, 11) is 0. The molecule has 0 saturated heterocycles.